The molecule has 0 aliphatic carbocycles. The fourth-order valence-electron chi connectivity index (χ4n) is 4.79. The highest BCUT2D eigenvalue weighted by Crippen LogP contribution is 2.32. The number of piperidine rings is 1. The number of methoxy groups -OCH3 is 1. The normalized spacial score (nSPS) is 22.1. The fourth-order valence-corrected chi connectivity index (χ4v) is 6.47. The van der Waals surface area contributed by atoms with Crippen LogP contribution in [0.3, 0.4) is 0 Å². The van der Waals surface area contributed by atoms with Gasteiger partial charge in [0.05, 0.1) is 12.0 Å². The topological polar surface area (TPSA) is 66.9 Å². The lowest BCUT2D eigenvalue weighted by atomic mass is 9.94. The number of aryl methyl sites for hydroxylation is 1. The van der Waals surface area contributed by atoms with E-state index in [9.17, 15) is 13.2 Å². The molecule has 2 aromatic rings. The van der Waals surface area contributed by atoms with Crippen molar-refractivity contribution in [2.24, 2.45) is 11.8 Å². The lowest BCUT2D eigenvalue weighted by Crippen LogP contribution is -2.42. The molecule has 6 nitrogen and oxygen atoms in total. The summed E-state index contributed by atoms with van der Waals surface area (Å²) in [6, 6.07) is 12.1. The van der Waals surface area contributed by atoms with E-state index in [4.69, 9.17) is 4.74 Å². The molecule has 2 aliphatic heterocycles. The van der Waals surface area contributed by atoms with E-state index in [-0.39, 0.29) is 10.8 Å². The smallest absolute Gasteiger partial charge is 0.258 e. The summed E-state index contributed by atoms with van der Waals surface area (Å²) in [6.45, 7) is 5.91. The summed E-state index contributed by atoms with van der Waals surface area (Å²) in [6.07, 6.45) is 2.83. The van der Waals surface area contributed by atoms with Gasteiger partial charge in [0.2, 0.25) is 10.0 Å². The van der Waals surface area contributed by atoms with E-state index in [1.54, 1.807) is 40.6 Å². The maximum atomic E-state index is 13.2. The number of carbonyl (C=O) groups excluding carboxylic acids is 1. The summed E-state index contributed by atoms with van der Waals surface area (Å²) in [7, 11) is -1.92. The van der Waals surface area contributed by atoms with Gasteiger partial charge in [-0.05, 0) is 79.1 Å². The molecule has 1 fully saturated rings. The van der Waals surface area contributed by atoms with Crippen LogP contribution >= 0.6 is 0 Å². The van der Waals surface area contributed by atoms with Crippen molar-refractivity contribution in [3.05, 3.63) is 53.6 Å². The van der Waals surface area contributed by atoms with Crippen molar-refractivity contribution in [1.29, 1.82) is 0 Å². The Hall–Kier alpha value is -2.38. The van der Waals surface area contributed by atoms with Gasteiger partial charge in [0, 0.05) is 30.9 Å². The van der Waals surface area contributed by atoms with E-state index in [1.807, 2.05) is 18.2 Å². The van der Waals surface area contributed by atoms with Crippen LogP contribution in [0.15, 0.2) is 47.4 Å². The van der Waals surface area contributed by atoms with Gasteiger partial charge in [-0.15, -0.1) is 0 Å². The summed E-state index contributed by atoms with van der Waals surface area (Å²) in [5.41, 5.74) is 2.47. The molecule has 1 amide bonds. The summed E-state index contributed by atoms with van der Waals surface area (Å²) >= 11 is 0. The van der Waals surface area contributed by atoms with Gasteiger partial charge in [0.25, 0.3) is 5.91 Å². The molecule has 0 bridgehead atoms. The highest BCUT2D eigenvalue weighted by molar-refractivity contribution is 7.89. The molecule has 2 aliphatic rings. The molecular weight excluding hydrogens is 412 g/mol. The van der Waals surface area contributed by atoms with Gasteiger partial charge in [0.1, 0.15) is 5.75 Å². The minimum absolute atomic E-state index is 0.115. The largest absolute Gasteiger partial charge is 0.497 e. The van der Waals surface area contributed by atoms with E-state index in [0.717, 1.165) is 36.3 Å². The number of benzene rings is 2. The maximum absolute atomic E-state index is 13.2. The first-order valence-electron chi connectivity index (χ1n) is 10.9. The number of anilines is 1. The molecule has 0 unspecified atom stereocenters. The monoisotopic (exact) mass is 442 g/mol. The Morgan fingerprint density at radius 2 is 1.71 bits per heavy atom. The quantitative estimate of drug-likeness (QED) is 0.719. The Labute approximate surface area is 184 Å². The Kier molecular flexibility index (Phi) is 6.08. The number of ether oxygens (including phenoxy) is 1. The number of amides is 1. The molecule has 0 aromatic heterocycles. The standard InChI is InChI=1S/C24H30N2O4S/c1-17-13-18(2)16-25(15-17)31(28,29)22-9-6-19(7-10-22)24(27)26-12-4-5-20-14-21(30-3)8-11-23(20)26/h6-11,14,17-18H,4-5,12-13,15-16H2,1-3H3/t17-,18-/m0/s1. The number of rotatable bonds is 4. The number of carbonyl (C=O) groups is 1. The SMILES string of the molecule is COc1ccc2c(c1)CCCN2C(=O)c1ccc(S(=O)(=O)N2C[C@@H](C)C[C@H](C)C2)cc1. The van der Waals surface area contributed by atoms with Gasteiger partial charge in [-0.3, -0.25) is 4.79 Å². The second kappa shape index (κ2) is 8.63. The van der Waals surface area contributed by atoms with Gasteiger partial charge in [-0.25, -0.2) is 8.42 Å². The van der Waals surface area contributed by atoms with Gasteiger partial charge in [0.15, 0.2) is 0 Å². The maximum Gasteiger partial charge on any atom is 0.258 e. The molecule has 31 heavy (non-hydrogen) atoms. The third-order valence-corrected chi connectivity index (χ3v) is 8.07. The summed E-state index contributed by atoms with van der Waals surface area (Å²) < 4.78 is 33.1. The van der Waals surface area contributed by atoms with Gasteiger partial charge in [-0.1, -0.05) is 13.8 Å². The van der Waals surface area contributed by atoms with Crippen LogP contribution in [0.1, 0.15) is 42.6 Å². The zero-order valence-electron chi connectivity index (χ0n) is 18.4. The fraction of sp³-hybridized carbons (Fsp3) is 0.458. The second-order valence-corrected chi connectivity index (χ2v) is 10.8. The number of hydrogen-bond donors (Lipinski definition) is 0. The van der Waals surface area contributed by atoms with Crippen LogP contribution in [0.4, 0.5) is 5.69 Å². The predicted octanol–water partition coefficient (Wildman–Crippen LogP) is 3.95. The Morgan fingerprint density at radius 1 is 1.03 bits per heavy atom. The molecule has 166 valence electrons. The van der Waals surface area contributed by atoms with E-state index < -0.39 is 10.0 Å². The van der Waals surface area contributed by atoms with E-state index in [0.29, 0.717) is 37.0 Å². The Balaban J connectivity index is 1.56. The average molecular weight is 443 g/mol. The van der Waals surface area contributed by atoms with Gasteiger partial charge < -0.3 is 9.64 Å². The van der Waals surface area contributed by atoms with Crippen molar-refractivity contribution in [2.45, 2.75) is 38.0 Å². The molecule has 4 rings (SSSR count). The van der Waals surface area contributed by atoms with Crippen molar-refractivity contribution in [3.8, 4) is 5.75 Å². The molecule has 7 heteroatoms. The van der Waals surface area contributed by atoms with Crippen LogP contribution in [-0.2, 0) is 16.4 Å². The average Bonchev–Trinajstić information content (AvgIpc) is 2.77. The van der Waals surface area contributed by atoms with Crippen molar-refractivity contribution in [1.82, 2.24) is 4.31 Å². The highest BCUT2D eigenvalue weighted by atomic mass is 32.2. The lowest BCUT2D eigenvalue weighted by Gasteiger charge is -2.34. The zero-order valence-corrected chi connectivity index (χ0v) is 19.2. The lowest BCUT2D eigenvalue weighted by molar-refractivity contribution is 0.0985. The summed E-state index contributed by atoms with van der Waals surface area (Å²) in [4.78, 5) is 15.2. The molecular formula is C24H30N2O4S. The number of nitrogens with zero attached hydrogens (tertiary/aromatic N) is 2. The zero-order chi connectivity index (χ0) is 22.2. The van der Waals surface area contributed by atoms with Crippen molar-refractivity contribution >= 4 is 21.6 Å². The first-order chi connectivity index (χ1) is 14.8. The minimum Gasteiger partial charge on any atom is -0.497 e. The van der Waals surface area contributed by atoms with Crippen LogP contribution in [0, 0.1) is 11.8 Å². The Morgan fingerprint density at radius 3 is 2.35 bits per heavy atom. The number of sulfonamides is 1. The van der Waals surface area contributed by atoms with Crippen LogP contribution in [-0.4, -0.2) is 45.4 Å². The highest BCUT2D eigenvalue weighted by Gasteiger charge is 2.32. The van der Waals surface area contributed by atoms with Crippen LogP contribution in [0.2, 0.25) is 0 Å². The van der Waals surface area contributed by atoms with Crippen molar-refractivity contribution in [3.63, 3.8) is 0 Å². The molecule has 2 aromatic carbocycles. The minimum atomic E-state index is -3.56. The van der Waals surface area contributed by atoms with Crippen molar-refractivity contribution < 1.29 is 17.9 Å². The molecule has 2 atom stereocenters. The van der Waals surface area contributed by atoms with Crippen LogP contribution in [0.5, 0.6) is 5.75 Å². The second-order valence-electron chi connectivity index (χ2n) is 8.85. The van der Waals surface area contributed by atoms with E-state index in [1.165, 1.54) is 0 Å². The first-order valence-corrected chi connectivity index (χ1v) is 12.3. The van der Waals surface area contributed by atoms with Crippen LogP contribution < -0.4 is 9.64 Å². The molecule has 2 heterocycles. The third kappa shape index (κ3) is 4.34. The molecule has 0 saturated carbocycles. The summed E-state index contributed by atoms with van der Waals surface area (Å²) in [5.74, 6) is 1.36. The molecule has 0 spiro atoms. The van der Waals surface area contributed by atoms with E-state index in [2.05, 4.69) is 13.8 Å². The molecule has 0 radical (unpaired) electrons. The predicted molar refractivity (Wildman–Crippen MR) is 121 cm³/mol. The summed E-state index contributed by atoms with van der Waals surface area (Å²) in [5, 5.41) is 0. The van der Waals surface area contributed by atoms with Crippen LogP contribution in [0.25, 0.3) is 0 Å². The molecule has 0 N–H and O–H groups in total. The third-order valence-electron chi connectivity index (χ3n) is 6.22. The Bertz CT molecular complexity index is 1060. The van der Waals surface area contributed by atoms with Gasteiger partial charge in [-0.2, -0.15) is 4.31 Å². The van der Waals surface area contributed by atoms with Gasteiger partial charge >= 0.3 is 0 Å². The number of fused-ring (bicyclic) bond motifs is 1. The molecule has 1 saturated heterocycles. The van der Waals surface area contributed by atoms with E-state index >= 15 is 0 Å². The first kappa shape index (κ1) is 21.8. The van der Waals surface area contributed by atoms with Crippen molar-refractivity contribution in [2.75, 3.05) is 31.6 Å². The number of hydrogen-bond acceptors (Lipinski definition) is 4.